The van der Waals surface area contributed by atoms with Crippen LogP contribution in [0, 0.1) is 5.92 Å². The number of carbonyl (C=O) groups is 2. The van der Waals surface area contributed by atoms with Gasteiger partial charge in [0.1, 0.15) is 0 Å². The van der Waals surface area contributed by atoms with Crippen LogP contribution in [0.2, 0.25) is 0 Å². The molecule has 1 saturated carbocycles. The highest BCUT2D eigenvalue weighted by molar-refractivity contribution is 5.78. The van der Waals surface area contributed by atoms with E-state index in [1.54, 1.807) is 0 Å². The molecule has 0 aromatic heterocycles. The maximum atomic E-state index is 11.6. The van der Waals surface area contributed by atoms with Gasteiger partial charge in [0.05, 0.1) is 6.54 Å². The molecule has 5 heteroatoms. The smallest absolute Gasteiger partial charge is 0.303 e. The summed E-state index contributed by atoms with van der Waals surface area (Å²) >= 11 is 0. The van der Waals surface area contributed by atoms with Gasteiger partial charge in [-0.3, -0.25) is 9.59 Å². The molecule has 1 rings (SSSR count). The summed E-state index contributed by atoms with van der Waals surface area (Å²) < 4.78 is 0. The third-order valence-corrected chi connectivity index (χ3v) is 3.41. The minimum absolute atomic E-state index is 0.00377. The summed E-state index contributed by atoms with van der Waals surface area (Å²) in [5, 5.41) is 14.6. The Morgan fingerprint density at radius 3 is 2.61 bits per heavy atom. The third-order valence-electron chi connectivity index (χ3n) is 3.41. The minimum Gasteiger partial charge on any atom is -0.481 e. The molecule has 0 bridgehead atoms. The van der Waals surface area contributed by atoms with Crippen molar-refractivity contribution in [2.45, 2.75) is 51.5 Å². The van der Waals surface area contributed by atoms with E-state index < -0.39 is 5.97 Å². The highest BCUT2D eigenvalue weighted by Crippen LogP contribution is 2.17. The van der Waals surface area contributed by atoms with Gasteiger partial charge in [-0.2, -0.15) is 0 Å². The zero-order valence-corrected chi connectivity index (χ0v) is 11.1. The van der Waals surface area contributed by atoms with Crippen molar-refractivity contribution in [3.8, 4) is 0 Å². The first-order valence-corrected chi connectivity index (χ1v) is 6.80. The van der Waals surface area contributed by atoms with E-state index in [1.165, 1.54) is 25.7 Å². The fraction of sp³-hybridized carbons (Fsp3) is 0.846. The number of carbonyl (C=O) groups excluding carboxylic acids is 1. The van der Waals surface area contributed by atoms with Gasteiger partial charge in [-0.05, 0) is 25.2 Å². The SMILES string of the molecule is CC(CCC(=O)O)CNC(=O)CNC1CCCC1. The molecule has 1 aliphatic carbocycles. The Morgan fingerprint density at radius 2 is 2.00 bits per heavy atom. The molecular weight excluding hydrogens is 232 g/mol. The van der Waals surface area contributed by atoms with E-state index in [0.717, 1.165) is 0 Å². The van der Waals surface area contributed by atoms with Crippen molar-refractivity contribution in [2.75, 3.05) is 13.1 Å². The van der Waals surface area contributed by atoms with Crippen LogP contribution >= 0.6 is 0 Å². The summed E-state index contributed by atoms with van der Waals surface area (Å²) in [6.45, 7) is 2.88. The van der Waals surface area contributed by atoms with Crippen LogP contribution in [0.15, 0.2) is 0 Å². The van der Waals surface area contributed by atoms with E-state index in [1.807, 2.05) is 6.92 Å². The Balaban J connectivity index is 2.03. The molecule has 3 N–H and O–H groups in total. The van der Waals surface area contributed by atoms with E-state index in [2.05, 4.69) is 10.6 Å². The first kappa shape index (κ1) is 15.0. The van der Waals surface area contributed by atoms with Crippen molar-refractivity contribution in [1.29, 1.82) is 0 Å². The van der Waals surface area contributed by atoms with Crippen molar-refractivity contribution >= 4 is 11.9 Å². The fourth-order valence-electron chi connectivity index (χ4n) is 2.19. The van der Waals surface area contributed by atoms with Gasteiger partial charge in [0, 0.05) is 19.0 Å². The standard InChI is InChI=1S/C13H24N2O3/c1-10(6-7-13(17)18)8-15-12(16)9-14-11-4-2-3-5-11/h10-11,14H,2-9H2,1H3,(H,15,16)(H,17,18). The highest BCUT2D eigenvalue weighted by Gasteiger charge is 2.15. The second-order valence-corrected chi connectivity index (χ2v) is 5.20. The Hall–Kier alpha value is -1.10. The van der Waals surface area contributed by atoms with E-state index in [4.69, 9.17) is 5.11 Å². The number of nitrogens with one attached hydrogen (secondary N) is 2. The van der Waals surface area contributed by atoms with E-state index in [-0.39, 0.29) is 18.2 Å². The highest BCUT2D eigenvalue weighted by atomic mass is 16.4. The summed E-state index contributed by atoms with van der Waals surface area (Å²) in [5.74, 6) is -0.573. The summed E-state index contributed by atoms with van der Waals surface area (Å²) in [7, 11) is 0. The van der Waals surface area contributed by atoms with Gasteiger partial charge in [0.15, 0.2) is 0 Å². The van der Waals surface area contributed by atoms with Crippen molar-refractivity contribution in [1.82, 2.24) is 10.6 Å². The first-order chi connectivity index (χ1) is 8.58. The lowest BCUT2D eigenvalue weighted by molar-refractivity contribution is -0.137. The summed E-state index contributed by atoms with van der Waals surface area (Å²) in [6.07, 6.45) is 5.62. The van der Waals surface area contributed by atoms with Gasteiger partial charge < -0.3 is 15.7 Å². The van der Waals surface area contributed by atoms with E-state index in [0.29, 0.717) is 25.6 Å². The number of hydrogen-bond donors (Lipinski definition) is 3. The van der Waals surface area contributed by atoms with Gasteiger partial charge >= 0.3 is 5.97 Å². The van der Waals surface area contributed by atoms with Crippen molar-refractivity contribution in [3.63, 3.8) is 0 Å². The molecule has 1 amide bonds. The van der Waals surface area contributed by atoms with Crippen molar-refractivity contribution in [3.05, 3.63) is 0 Å². The van der Waals surface area contributed by atoms with Crippen LogP contribution in [0.4, 0.5) is 0 Å². The third kappa shape index (κ3) is 6.59. The summed E-state index contributed by atoms with van der Waals surface area (Å²) in [4.78, 5) is 21.9. The molecule has 0 radical (unpaired) electrons. The molecule has 1 fully saturated rings. The predicted octanol–water partition coefficient (Wildman–Crippen LogP) is 1.14. The monoisotopic (exact) mass is 256 g/mol. The second-order valence-electron chi connectivity index (χ2n) is 5.20. The Kier molecular flexibility index (Phi) is 6.72. The molecule has 1 aliphatic rings. The molecule has 104 valence electrons. The van der Waals surface area contributed by atoms with Crippen LogP contribution in [0.3, 0.4) is 0 Å². The van der Waals surface area contributed by atoms with E-state index in [9.17, 15) is 9.59 Å². The number of carboxylic acid groups (broad SMARTS) is 1. The lowest BCUT2D eigenvalue weighted by Gasteiger charge is -2.14. The van der Waals surface area contributed by atoms with Crippen LogP contribution in [-0.4, -0.2) is 36.1 Å². The lowest BCUT2D eigenvalue weighted by atomic mass is 10.1. The van der Waals surface area contributed by atoms with Gasteiger partial charge in [0.2, 0.25) is 5.91 Å². The number of aliphatic carboxylic acids is 1. The zero-order valence-electron chi connectivity index (χ0n) is 11.1. The normalized spacial score (nSPS) is 17.6. The zero-order chi connectivity index (χ0) is 13.4. The molecule has 0 aliphatic heterocycles. The van der Waals surface area contributed by atoms with Crippen LogP contribution in [0.5, 0.6) is 0 Å². The topological polar surface area (TPSA) is 78.4 Å². The maximum Gasteiger partial charge on any atom is 0.303 e. The molecule has 18 heavy (non-hydrogen) atoms. The Bertz CT molecular complexity index is 275. The van der Waals surface area contributed by atoms with Gasteiger partial charge in [-0.1, -0.05) is 19.8 Å². The molecule has 5 nitrogen and oxygen atoms in total. The van der Waals surface area contributed by atoms with Crippen molar-refractivity contribution < 1.29 is 14.7 Å². The molecule has 0 heterocycles. The van der Waals surface area contributed by atoms with Crippen LogP contribution in [0.1, 0.15) is 45.4 Å². The molecule has 1 unspecified atom stereocenters. The summed E-state index contributed by atoms with van der Waals surface area (Å²) in [6, 6.07) is 0.500. The number of hydrogen-bond acceptors (Lipinski definition) is 3. The molecular formula is C13H24N2O3. The van der Waals surface area contributed by atoms with Gasteiger partial charge in [0.25, 0.3) is 0 Å². The van der Waals surface area contributed by atoms with Gasteiger partial charge in [-0.15, -0.1) is 0 Å². The molecule has 0 aromatic carbocycles. The summed E-state index contributed by atoms with van der Waals surface area (Å²) in [5.41, 5.74) is 0. The molecule has 0 aromatic rings. The Morgan fingerprint density at radius 1 is 1.33 bits per heavy atom. The maximum absolute atomic E-state index is 11.6. The number of rotatable bonds is 8. The van der Waals surface area contributed by atoms with Crippen LogP contribution in [-0.2, 0) is 9.59 Å². The minimum atomic E-state index is -0.781. The Labute approximate surface area is 108 Å². The average molecular weight is 256 g/mol. The number of carboxylic acids is 1. The van der Waals surface area contributed by atoms with E-state index >= 15 is 0 Å². The lowest BCUT2D eigenvalue weighted by Crippen LogP contribution is -2.39. The predicted molar refractivity (Wildman–Crippen MR) is 69.3 cm³/mol. The largest absolute Gasteiger partial charge is 0.481 e. The molecule has 0 spiro atoms. The second kappa shape index (κ2) is 8.08. The fourth-order valence-corrected chi connectivity index (χ4v) is 2.19. The average Bonchev–Trinajstić information content (AvgIpc) is 2.84. The number of amides is 1. The first-order valence-electron chi connectivity index (χ1n) is 6.80. The quantitative estimate of drug-likeness (QED) is 0.608. The molecule has 0 saturated heterocycles. The van der Waals surface area contributed by atoms with Crippen LogP contribution < -0.4 is 10.6 Å². The van der Waals surface area contributed by atoms with Gasteiger partial charge in [-0.25, -0.2) is 0 Å². The molecule has 1 atom stereocenters. The van der Waals surface area contributed by atoms with Crippen molar-refractivity contribution in [2.24, 2.45) is 5.92 Å². The van der Waals surface area contributed by atoms with Crippen LogP contribution in [0.25, 0.3) is 0 Å².